The number of amidine groups is 1. The fourth-order valence-corrected chi connectivity index (χ4v) is 2.40. The van der Waals surface area contributed by atoms with Gasteiger partial charge in [-0.05, 0) is 24.3 Å². The summed E-state index contributed by atoms with van der Waals surface area (Å²) in [5, 5.41) is 12.7. The number of carbonyl (C=O) groups is 2. The van der Waals surface area contributed by atoms with Gasteiger partial charge in [0.05, 0.1) is 0 Å². The fraction of sp³-hybridized carbons (Fsp3) is 0.167. The van der Waals surface area contributed by atoms with Gasteiger partial charge in [0.15, 0.2) is 6.61 Å². The topological polar surface area (TPSA) is 117 Å². The van der Waals surface area contributed by atoms with Crippen LogP contribution in [0.15, 0.2) is 36.4 Å². The van der Waals surface area contributed by atoms with Gasteiger partial charge in [0, 0.05) is 35.3 Å². The third-order valence-electron chi connectivity index (χ3n) is 3.58. The summed E-state index contributed by atoms with van der Waals surface area (Å²) in [5.74, 6) is -1.35. The second-order valence-corrected chi connectivity index (χ2v) is 5.98. The van der Waals surface area contributed by atoms with Crippen LogP contribution >= 0.6 is 24.0 Å². The van der Waals surface area contributed by atoms with E-state index in [1.165, 1.54) is 19.2 Å². The molecule has 2 amide bonds. The number of hydrogen-bond acceptors (Lipinski definition) is 4. The predicted octanol–water partition coefficient (Wildman–Crippen LogP) is 2.24. The standard InChI is InChI=1S/C18H18ClFN4O3.ClH/c1-23-16(25)9-27-15-6-10(17(21)22)2-3-11(15)8-24-18(26)12-4-13(19)7-14(20)5-12;/h2-7H,8-9H2,1H3,(H3,21,22)(H,23,25)(H,24,26);1H. The molecule has 0 saturated carbocycles. The summed E-state index contributed by atoms with van der Waals surface area (Å²) in [5.41, 5.74) is 6.52. The lowest BCUT2D eigenvalue weighted by atomic mass is 10.1. The normalized spacial score (nSPS) is 9.82. The summed E-state index contributed by atoms with van der Waals surface area (Å²) in [6.45, 7) is -0.188. The summed E-state index contributed by atoms with van der Waals surface area (Å²) in [6, 6.07) is 8.24. The highest BCUT2D eigenvalue weighted by atomic mass is 35.5. The van der Waals surface area contributed by atoms with Gasteiger partial charge in [0.1, 0.15) is 17.4 Å². The number of benzene rings is 2. The maximum atomic E-state index is 13.4. The van der Waals surface area contributed by atoms with Crippen LogP contribution in [0.1, 0.15) is 21.5 Å². The van der Waals surface area contributed by atoms with Gasteiger partial charge in [-0.3, -0.25) is 15.0 Å². The third kappa shape index (κ3) is 6.40. The van der Waals surface area contributed by atoms with Crippen LogP contribution in [-0.2, 0) is 11.3 Å². The molecule has 2 aromatic rings. The van der Waals surface area contributed by atoms with Crippen molar-refractivity contribution in [2.45, 2.75) is 6.54 Å². The third-order valence-corrected chi connectivity index (χ3v) is 3.80. The predicted molar refractivity (Wildman–Crippen MR) is 107 cm³/mol. The molecule has 0 bridgehead atoms. The Morgan fingerprint density at radius 2 is 1.93 bits per heavy atom. The van der Waals surface area contributed by atoms with Crippen molar-refractivity contribution in [2.75, 3.05) is 13.7 Å². The van der Waals surface area contributed by atoms with Crippen molar-refractivity contribution in [3.05, 3.63) is 63.9 Å². The molecule has 0 atom stereocenters. The average molecular weight is 429 g/mol. The molecule has 0 aliphatic carbocycles. The molecule has 7 nitrogen and oxygen atoms in total. The molecule has 0 aliphatic rings. The highest BCUT2D eigenvalue weighted by Gasteiger charge is 2.12. The van der Waals surface area contributed by atoms with Gasteiger partial charge in [-0.2, -0.15) is 0 Å². The minimum absolute atomic E-state index is 0. The smallest absolute Gasteiger partial charge is 0.257 e. The van der Waals surface area contributed by atoms with Crippen molar-refractivity contribution in [3.63, 3.8) is 0 Å². The van der Waals surface area contributed by atoms with E-state index >= 15 is 0 Å². The average Bonchev–Trinajstić information content (AvgIpc) is 2.63. The minimum Gasteiger partial charge on any atom is -0.483 e. The molecule has 0 fully saturated rings. The lowest BCUT2D eigenvalue weighted by Crippen LogP contribution is -2.26. The Morgan fingerprint density at radius 3 is 2.54 bits per heavy atom. The van der Waals surface area contributed by atoms with Gasteiger partial charge in [0.2, 0.25) is 0 Å². The second kappa shape index (κ2) is 10.5. The van der Waals surface area contributed by atoms with E-state index in [4.69, 9.17) is 27.5 Å². The number of amides is 2. The molecule has 150 valence electrons. The van der Waals surface area contributed by atoms with E-state index in [0.29, 0.717) is 16.9 Å². The van der Waals surface area contributed by atoms with Gasteiger partial charge in [-0.25, -0.2) is 4.39 Å². The zero-order chi connectivity index (χ0) is 20.0. The monoisotopic (exact) mass is 428 g/mol. The lowest BCUT2D eigenvalue weighted by molar-refractivity contribution is -0.122. The Labute approximate surface area is 172 Å². The van der Waals surface area contributed by atoms with E-state index in [1.807, 2.05) is 0 Å². The highest BCUT2D eigenvalue weighted by Crippen LogP contribution is 2.21. The number of halogens is 3. The molecule has 2 rings (SSSR count). The van der Waals surface area contributed by atoms with E-state index in [-0.39, 0.29) is 47.9 Å². The van der Waals surface area contributed by atoms with E-state index in [1.54, 1.807) is 12.1 Å². The number of likely N-dealkylation sites (N-methyl/N-ethyl adjacent to an activating group) is 1. The van der Waals surface area contributed by atoms with Crippen molar-refractivity contribution < 1.29 is 18.7 Å². The summed E-state index contributed by atoms with van der Waals surface area (Å²) >= 11 is 5.76. The van der Waals surface area contributed by atoms with Crippen molar-refractivity contribution >= 4 is 41.7 Å². The number of ether oxygens (including phenoxy) is 1. The van der Waals surface area contributed by atoms with Crippen LogP contribution in [0.3, 0.4) is 0 Å². The van der Waals surface area contributed by atoms with Crippen LogP contribution < -0.4 is 21.1 Å². The molecule has 0 aromatic heterocycles. The summed E-state index contributed by atoms with van der Waals surface area (Å²) in [4.78, 5) is 23.6. The summed E-state index contributed by atoms with van der Waals surface area (Å²) in [6.07, 6.45) is 0. The van der Waals surface area contributed by atoms with Gasteiger partial charge in [-0.1, -0.05) is 23.7 Å². The van der Waals surface area contributed by atoms with Gasteiger partial charge >= 0.3 is 0 Å². The SMILES string of the molecule is CNC(=O)COc1cc(C(=N)N)ccc1CNC(=O)c1cc(F)cc(Cl)c1.Cl. The number of nitrogen functional groups attached to an aromatic ring is 1. The van der Waals surface area contributed by atoms with Crippen molar-refractivity contribution in [3.8, 4) is 5.75 Å². The van der Waals surface area contributed by atoms with Gasteiger partial charge in [0.25, 0.3) is 11.8 Å². The molecule has 2 aromatic carbocycles. The fourth-order valence-electron chi connectivity index (χ4n) is 2.18. The first-order chi connectivity index (χ1) is 12.8. The van der Waals surface area contributed by atoms with Gasteiger partial charge in [-0.15, -0.1) is 12.4 Å². The Morgan fingerprint density at radius 1 is 1.21 bits per heavy atom. The molecule has 0 spiro atoms. The number of hydrogen-bond donors (Lipinski definition) is 4. The van der Waals surface area contributed by atoms with Crippen molar-refractivity contribution in [1.29, 1.82) is 5.41 Å². The van der Waals surface area contributed by atoms with Crippen LogP contribution in [-0.4, -0.2) is 31.3 Å². The lowest BCUT2D eigenvalue weighted by Gasteiger charge is -2.13. The number of nitrogens with two attached hydrogens (primary N) is 1. The van der Waals surface area contributed by atoms with Crippen LogP contribution in [0.25, 0.3) is 0 Å². The van der Waals surface area contributed by atoms with E-state index in [9.17, 15) is 14.0 Å². The van der Waals surface area contributed by atoms with Crippen molar-refractivity contribution in [1.82, 2.24) is 10.6 Å². The van der Waals surface area contributed by atoms with Crippen LogP contribution in [0.2, 0.25) is 5.02 Å². The zero-order valence-corrected chi connectivity index (χ0v) is 16.4. The molecule has 0 radical (unpaired) electrons. The minimum atomic E-state index is -0.618. The Kier molecular flexibility index (Phi) is 8.69. The first kappa shape index (κ1) is 23.2. The molecule has 0 unspecified atom stereocenters. The molecule has 0 heterocycles. The molecule has 0 saturated heterocycles. The summed E-state index contributed by atoms with van der Waals surface area (Å²) < 4.78 is 18.9. The highest BCUT2D eigenvalue weighted by molar-refractivity contribution is 6.31. The van der Waals surface area contributed by atoms with Crippen LogP contribution in [0.5, 0.6) is 5.75 Å². The molecular weight excluding hydrogens is 410 g/mol. The maximum absolute atomic E-state index is 13.4. The van der Waals surface area contributed by atoms with Crippen molar-refractivity contribution in [2.24, 2.45) is 5.73 Å². The molecular formula is C18H19Cl2FN4O3. The summed E-state index contributed by atoms with van der Waals surface area (Å²) in [7, 11) is 1.48. The van der Waals surface area contributed by atoms with Crippen LogP contribution in [0, 0.1) is 11.2 Å². The molecule has 5 N–H and O–H groups in total. The largest absolute Gasteiger partial charge is 0.483 e. The number of rotatable bonds is 7. The number of nitrogens with one attached hydrogen (secondary N) is 3. The van der Waals surface area contributed by atoms with E-state index in [0.717, 1.165) is 12.1 Å². The van der Waals surface area contributed by atoms with E-state index in [2.05, 4.69) is 10.6 Å². The Bertz CT molecular complexity index is 873. The Balaban J connectivity index is 0.00000392. The van der Waals surface area contributed by atoms with E-state index < -0.39 is 11.7 Å². The van der Waals surface area contributed by atoms with Crippen LogP contribution in [0.4, 0.5) is 4.39 Å². The molecule has 28 heavy (non-hydrogen) atoms. The first-order valence-electron chi connectivity index (χ1n) is 7.85. The second-order valence-electron chi connectivity index (χ2n) is 5.54. The number of carbonyl (C=O) groups excluding carboxylic acids is 2. The quantitative estimate of drug-likeness (QED) is 0.399. The Hall–Kier alpha value is -2.84. The first-order valence-corrected chi connectivity index (χ1v) is 8.23. The molecule has 10 heteroatoms. The zero-order valence-electron chi connectivity index (χ0n) is 14.8. The maximum Gasteiger partial charge on any atom is 0.257 e. The van der Waals surface area contributed by atoms with Gasteiger partial charge < -0.3 is 21.1 Å². The molecule has 0 aliphatic heterocycles.